The molecule has 4 amide bonds. The molecular weight excluding hydrogens is 270 g/mol. The highest BCUT2D eigenvalue weighted by Crippen LogP contribution is 2.02. The van der Waals surface area contributed by atoms with Crippen LogP contribution in [0.1, 0.15) is 12.8 Å². The van der Waals surface area contributed by atoms with Crippen LogP contribution in [0.4, 0.5) is 4.79 Å². The summed E-state index contributed by atoms with van der Waals surface area (Å²) in [6, 6.07) is -1.84. The number of piperazine rings is 1. The minimum absolute atomic E-state index is 0.197. The zero-order valence-corrected chi connectivity index (χ0v) is 11.0. The number of carboxylic acid groups (broad SMARTS) is 1. The Labute approximate surface area is 115 Å². The van der Waals surface area contributed by atoms with Crippen LogP contribution < -0.4 is 10.6 Å². The number of carbonyl (C=O) groups excluding carboxylic acids is 3. The molecule has 0 saturated carbocycles. The molecule has 1 atom stereocenters. The van der Waals surface area contributed by atoms with Crippen molar-refractivity contribution in [1.82, 2.24) is 15.5 Å². The average molecular weight is 287 g/mol. The van der Waals surface area contributed by atoms with Gasteiger partial charge in [0.15, 0.2) is 0 Å². The number of aliphatic carboxylic acids is 1. The van der Waals surface area contributed by atoms with E-state index in [0.717, 1.165) is 4.90 Å². The van der Waals surface area contributed by atoms with E-state index in [1.807, 2.05) is 5.32 Å². The van der Waals surface area contributed by atoms with Crippen LogP contribution in [0.2, 0.25) is 0 Å². The summed E-state index contributed by atoms with van der Waals surface area (Å²) >= 11 is 0. The second kappa shape index (κ2) is 7.43. The minimum Gasteiger partial charge on any atom is -0.480 e. The maximum absolute atomic E-state index is 11.8. The van der Waals surface area contributed by atoms with E-state index in [0.29, 0.717) is 13.0 Å². The van der Waals surface area contributed by atoms with Crippen molar-refractivity contribution < 1.29 is 29.0 Å². The van der Waals surface area contributed by atoms with Gasteiger partial charge in [-0.1, -0.05) is 0 Å². The van der Waals surface area contributed by atoms with Crippen molar-refractivity contribution in [3.63, 3.8) is 0 Å². The van der Waals surface area contributed by atoms with Gasteiger partial charge in [0, 0.05) is 13.7 Å². The van der Waals surface area contributed by atoms with E-state index < -0.39 is 29.9 Å². The number of urea groups is 1. The number of imide groups is 1. The first-order chi connectivity index (χ1) is 9.43. The highest BCUT2D eigenvalue weighted by molar-refractivity contribution is 6.02. The van der Waals surface area contributed by atoms with Gasteiger partial charge in [-0.25, -0.2) is 9.59 Å². The Kier molecular flexibility index (Phi) is 5.91. The fourth-order valence-corrected chi connectivity index (χ4v) is 1.71. The number of methoxy groups -OCH3 is 1. The largest absolute Gasteiger partial charge is 0.480 e. The monoisotopic (exact) mass is 287 g/mol. The molecule has 9 heteroatoms. The lowest BCUT2D eigenvalue weighted by Crippen LogP contribution is -2.57. The molecule has 1 rings (SSSR count). The first-order valence-electron chi connectivity index (χ1n) is 6.04. The fourth-order valence-electron chi connectivity index (χ4n) is 1.71. The first-order valence-corrected chi connectivity index (χ1v) is 6.04. The summed E-state index contributed by atoms with van der Waals surface area (Å²) in [5.74, 6) is -2.37. The summed E-state index contributed by atoms with van der Waals surface area (Å²) in [6.45, 7) is -0.172. The predicted octanol–water partition coefficient (Wildman–Crippen LogP) is -1.47. The SMILES string of the molecule is COCCCC(NC(=O)N1CC(=O)NC(=O)C1)C(=O)O. The summed E-state index contributed by atoms with van der Waals surface area (Å²) in [7, 11) is 1.49. The highest BCUT2D eigenvalue weighted by Gasteiger charge is 2.29. The molecule has 0 radical (unpaired) electrons. The zero-order valence-electron chi connectivity index (χ0n) is 11.0. The molecule has 1 fully saturated rings. The second-order valence-corrected chi connectivity index (χ2v) is 4.30. The maximum Gasteiger partial charge on any atom is 0.326 e. The number of rotatable bonds is 6. The smallest absolute Gasteiger partial charge is 0.326 e. The molecule has 9 nitrogen and oxygen atoms in total. The predicted molar refractivity (Wildman–Crippen MR) is 65.8 cm³/mol. The summed E-state index contributed by atoms with van der Waals surface area (Å²) < 4.78 is 4.81. The van der Waals surface area contributed by atoms with Crippen molar-refractivity contribution in [2.45, 2.75) is 18.9 Å². The second-order valence-electron chi connectivity index (χ2n) is 4.30. The number of carboxylic acids is 1. The van der Waals surface area contributed by atoms with Gasteiger partial charge in [0.05, 0.1) is 0 Å². The van der Waals surface area contributed by atoms with Crippen LogP contribution in [-0.2, 0) is 19.1 Å². The molecule has 1 aliphatic heterocycles. The Morgan fingerprint density at radius 3 is 2.50 bits per heavy atom. The lowest BCUT2D eigenvalue weighted by Gasteiger charge is -2.27. The Morgan fingerprint density at radius 1 is 1.40 bits per heavy atom. The molecule has 0 aromatic heterocycles. The summed E-state index contributed by atoms with van der Waals surface area (Å²) in [5, 5.41) is 13.3. The van der Waals surface area contributed by atoms with Gasteiger partial charge in [0.1, 0.15) is 19.1 Å². The van der Waals surface area contributed by atoms with Crippen LogP contribution in [0.25, 0.3) is 0 Å². The summed E-state index contributed by atoms with van der Waals surface area (Å²) in [4.78, 5) is 46.1. The quantitative estimate of drug-likeness (QED) is 0.405. The van der Waals surface area contributed by atoms with Crippen molar-refractivity contribution in [2.75, 3.05) is 26.8 Å². The third-order valence-corrected chi connectivity index (χ3v) is 2.67. The van der Waals surface area contributed by atoms with Crippen molar-refractivity contribution >= 4 is 23.8 Å². The number of amides is 4. The van der Waals surface area contributed by atoms with Gasteiger partial charge >= 0.3 is 12.0 Å². The van der Waals surface area contributed by atoms with Crippen LogP contribution in [-0.4, -0.2) is 66.7 Å². The van der Waals surface area contributed by atoms with Crippen LogP contribution in [0.5, 0.6) is 0 Å². The van der Waals surface area contributed by atoms with Gasteiger partial charge in [0.25, 0.3) is 0 Å². The van der Waals surface area contributed by atoms with Gasteiger partial charge < -0.3 is 20.1 Å². The van der Waals surface area contributed by atoms with Gasteiger partial charge in [-0.15, -0.1) is 0 Å². The molecule has 1 saturated heterocycles. The van der Waals surface area contributed by atoms with Gasteiger partial charge in [-0.2, -0.15) is 0 Å². The van der Waals surface area contributed by atoms with E-state index in [2.05, 4.69) is 5.32 Å². The molecule has 0 bridgehead atoms. The highest BCUT2D eigenvalue weighted by atomic mass is 16.5. The normalized spacial score (nSPS) is 16.6. The number of carbonyl (C=O) groups is 4. The van der Waals surface area contributed by atoms with E-state index in [1.165, 1.54) is 7.11 Å². The number of nitrogens with zero attached hydrogens (tertiary/aromatic N) is 1. The molecule has 0 aromatic rings. The third-order valence-electron chi connectivity index (χ3n) is 2.67. The van der Waals surface area contributed by atoms with Crippen molar-refractivity contribution in [3.05, 3.63) is 0 Å². The summed E-state index contributed by atoms with van der Waals surface area (Å²) in [5.41, 5.74) is 0. The molecule has 0 spiro atoms. The fraction of sp³-hybridized carbons (Fsp3) is 0.636. The van der Waals surface area contributed by atoms with Gasteiger partial charge in [-0.3, -0.25) is 14.9 Å². The topological polar surface area (TPSA) is 125 Å². The van der Waals surface area contributed by atoms with E-state index >= 15 is 0 Å². The van der Waals surface area contributed by atoms with Gasteiger partial charge in [0.2, 0.25) is 11.8 Å². The van der Waals surface area contributed by atoms with Crippen molar-refractivity contribution in [1.29, 1.82) is 0 Å². The number of nitrogens with one attached hydrogen (secondary N) is 2. The Bertz CT molecular complexity index is 395. The first kappa shape index (κ1) is 15.9. The molecule has 0 aromatic carbocycles. The molecule has 1 heterocycles. The van der Waals surface area contributed by atoms with Crippen molar-refractivity contribution in [2.24, 2.45) is 0 Å². The molecule has 1 unspecified atom stereocenters. The molecule has 112 valence electrons. The Balaban J connectivity index is 2.54. The van der Waals surface area contributed by atoms with Crippen LogP contribution in [0, 0.1) is 0 Å². The standard InChI is InChI=1S/C11H17N3O6/c1-20-4-2-3-7(10(17)18)12-11(19)14-5-8(15)13-9(16)6-14/h7H,2-6H2,1H3,(H,12,19)(H,17,18)(H,13,15,16). The van der Waals surface area contributed by atoms with E-state index in [1.54, 1.807) is 0 Å². The molecule has 20 heavy (non-hydrogen) atoms. The lowest BCUT2D eigenvalue weighted by atomic mass is 10.1. The molecule has 1 aliphatic rings. The van der Waals surface area contributed by atoms with E-state index in [9.17, 15) is 19.2 Å². The number of hydrogen-bond donors (Lipinski definition) is 3. The molecular formula is C11H17N3O6. The average Bonchev–Trinajstić information content (AvgIpc) is 2.36. The zero-order chi connectivity index (χ0) is 15.1. The molecule has 3 N–H and O–H groups in total. The van der Waals surface area contributed by atoms with E-state index in [-0.39, 0.29) is 19.5 Å². The minimum atomic E-state index is -1.18. The van der Waals surface area contributed by atoms with Crippen molar-refractivity contribution in [3.8, 4) is 0 Å². The Hall–Kier alpha value is -2.16. The molecule has 0 aliphatic carbocycles. The third kappa shape index (κ3) is 4.84. The summed E-state index contributed by atoms with van der Waals surface area (Å²) in [6.07, 6.45) is 0.663. The van der Waals surface area contributed by atoms with Crippen LogP contribution in [0.3, 0.4) is 0 Å². The lowest BCUT2D eigenvalue weighted by molar-refractivity contribution is -0.139. The van der Waals surface area contributed by atoms with E-state index in [4.69, 9.17) is 9.84 Å². The number of ether oxygens (including phenoxy) is 1. The maximum atomic E-state index is 11.8. The number of hydrogen-bond acceptors (Lipinski definition) is 5. The van der Waals surface area contributed by atoms with Gasteiger partial charge in [-0.05, 0) is 12.8 Å². The van der Waals surface area contributed by atoms with Crippen LogP contribution >= 0.6 is 0 Å². The van der Waals surface area contributed by atoms with Crippen LogP contribution in [0.15, 0.2) is 0 Å². The Morgan fingerprint density at radius 2 is 2.00 bits per heavy atom.